The van der Waals surface area contributed by atoms with Gasteiger partial charge in [-0.2, -0.15) is 0 Å². The molecular weight excluding hydrogens is 471 g/mol. The van der Waals surface area contributed by atoms with Gasteiger partial charge in [0.25, 0.3) is 0 Å². The van der Waals surface area contributed by atoms with Crippen LogP contribution < -0.4 is 0 Å². The number of benzene rings is 2. The Morgan fingerprint density at radius 2 is 1.09 bits per heavy atom. The molecule has 0 radical (unpaired) electrons. The third-order valence-corrected chi connectivity index (χ3v) is 6.47. The first kappa shape index (κ1) is 33.0. The van der Waals surface area contributed by atoms with Crippen molar-refractivity contribution in [3.63, 3.8) is 0 Å². The van der Waals surface area contributed by atoms with Crippen molar-refractivity contribution in [2.75, 3.05) is 0 Å². The number of hydrogen-bond donors (Lipinski definition) is 0. The average molecular weight is 517 g/mol. The van der Waals surface area contributed by atoms with Gasteiger partial charge in [0.2, 0.25) is 11.4 Å². The fourth-order valence-corrected chi connectivity index (χ4v) is 4.43. The number of hydrogen-bond acceptors (Lipinski definition) is 0. The first-order valence-electron chi connectivity index (χ1n) is 12.8. The summed E-state index contributed by atoms with van der Waals surface area (Å²) in [6.07, 6.45) is 15.2. The van der Waals surface area contributed by atoms with Gasteiger partial charge in [-0.1, -0.05) is 77.1 Å². The fraction of sp³-hybridized carbons (Fsp3) is 0.438. The van der Waals surface area contributed by atoms with E-state index in [1.54, 1.807) is 0 Å². The number of allylic oxidation sites excluding steroid dienone is 2. The van der Waals surface area contributed by atoms with Crippen LogP contribution in [-0.4, -0.2) is 4.70 Å². The van der Waals surface area contributed by atoms with E-state index < -0.39 is 0 Å². The summed E-state index contributed by atoms with van der Waals surface area (Å²) in [6.45, 7) is 6.71. The van der Waals surface area contributed by atoms with Crippen molar-refractivity contribution < 1.29 is 21.2 Å². The van der Waals surface area contributed by atoms with Crippen molar-refractivity contribution in [1.82, 2.24) is 0 Å². The molecule has 2 aromatic rings. The smallest absolute Gasteiger partial charge is 0.493 e. The largest absolute Gasteiger partial charge is 2.00 e. The predicted molar refractivity (Wildman–Crippen MR) is 150 cm³/mol. The maximum absolute atomic E-state index is 11.3. The van der Waals surface area contributed by atoms with Crippen LogP contribution in [0.15, 0.2) is 60.2 Å². The summed E-state index contributed by atoms with van der Waals surface area (Å²) < 4.78 is 1.43. The summed E-state index contributed by atoms with van der Waals surface area (Å²) in [6, 6.07) is 17.5. The van der Waals surface area contributed by atoms with Crippen molar-refractivity contribution in [2.24, 2.45) is 0 Å². The summed E-state index contributed by atoms with van der Waals surface area (Å²) in [5.74, 6) is 0. The standard InChI is InChI=1S/C30H40N2.2CH3.Ni/c1-4-7-10-11-14-28-23-29(26-19-15-24(16-20-26)12-8-5-2)32(31)30(28)27-21-17-25(18-22-27)13-9-6-3;;;/h15-23H,4-14H2,1-3H3;2*1H3;/q;2*-1;+2. The molecule has 0 amide bonds. The van der Waals surface area contributed by atoms with Gasteiger partial charge in [-0.05, 0) is 73.9 Å². The Bertz CT molecular complexity index is 937. The van der Waals surface area contributed by atoms with Crippen LogP contribution in [0.2, 0.25) is 0 Å². The van der Waals surface area contributed by atoms with Crippen LogP contribution in [0.5, 0.6) is 0 Å². The molecule has 0 bridgehead atoms. The van der Waals surface area contributed by atoms with Gasteiger partial charge in [0.1, 0.15) is 0 Å². The molecule has 35 heavy (non-hydrogen) atoms. The third kappa shape index (κ3) is 9.19. The van der Waals surface area contributed by atoms with Gasteiger partial charge in [-0.25, -0.2) is 4.70 Å². The van der Waals surface area contributed by atoms with E-state index in [0.29, 0.717) is 0 Å². The Morgan fingerprint density at radius 1 is 0.600 bits per heavy atom. The fourth-order valence-electron chi connectivity index (χ4n) is 4.43. The van der Waals surface area contributed by atoms with Gasteiger partial charge in [0, 0.05) is 22.8 Å². The minimum Gasteiger partial charge on any atom is -0.493 e. The van der Waals surface area contributed by atoms with Crippen LogP contribution in [0, 0.1) is 14.9 Å². The Kier molecular flexibility index (Phi) is 16.5. The molecule has 0 aromatic heterocycles. The molecule has 0 saturated carbocycles. The molecule has 3 rings (SSSR count). The quantitative estimate of drug-likeness (QED) is 0.109. The van der Waals surface area contributed by atoms with Crippen molar-refractivity contribution in [1.29, 1.82) is 0 Å². The molecule has 2 nitrogen and oxygen atoms in total. The molecular formula is C32H46N2Ni. The van der Waals surface area contributed by atoms with E-state index in [0.717, 1.165) is 48.2 Å². The van der Waals surface area contributed by atoms with Crippen LogP contribution in [0.3, 0.4) is 0 Å². The van der Waals surface area contributed by atoms with Gasteiger partial charge < -0.3 is 20.4 Å². The number of rotatable bonds is 13. The van der Waals surface area contributed by atoms with Gasteiger partial charge in [-0.3, -0.25) is 0 Å². The Labute approximate surface area is 226 Å². The van der Waals surface area contributed by atoms with Gasteiger partial charge in [0.15, 0.2) is 0 Å². The molecule has 1 aliphatic heterocycles. The SMILES string of the molecule is CCCCCCC1=C(c2ccc(CCCC)cc2)[N+](=[N-])C(c2ccc(CCCC)cc2)=C1.[CH3-].[CH3-].[Ni+2]. The van der Waals surface area contributed by atoms with Crippen LogP contribution in [0.4, 0.5) is 0 Å². The van der Waals surface area contributed by atoms with E-state index in [2.05, 4.69) is 75.4 Å². The summed E-state index contributed by atoms with van der Waals surface area (Å²) in [5.41, 5.74) is 19.3. The maximum Gasteiger partial charge on any atom is 2.00 e. The molecule has 1 aliphatic rings. The molecule has 1 heterocycles. The molecule has 3 heteroatoms. The van der Waals surface area contributed by atoms with E-state index in [-0.39, 0.29) is 31.3 Å². The van der Waals surface area contributed by atoms with E-state index in [1.807, 2.05) is 0 Å². The molecule has 0 saturated heterocycles. The zero-order valence-electron chi connectivity index (χ0n) is 22.7. The minimum absolute atomic E-state index is 0. The molecule has 0 N–H and O–H groups in total. The summed E-state index contributed by atoms with van der Waals surface area (Å²) in [4.78, 5) is 0. The third-order valence-electron chi connectivity index (χ3n) is 6.47. The second-order valence-electron chi connectivity index (χ2n) is 9.13. The predicted octanol–water partition coefficient (Wildman–Crippen LogP) is 10.0. The van der Waals surface area contributed by atoms with Crippen LogP contribution >= 0.6 is 0 Å². The topological polar surface area (TPSA) is 25.3 Å². The maximum atomic E-state index is 11.3. The minimum atomic E-state index is 0. The zero-order chi connectivity index (χ0) is 22.8. The van der Waals surface area contributed by atoms with E-state index in [9.17, 15) is 5.53 Å². The second kappa shape index (κ2) is 17.4. The van der Waals surface area contributed by atoms with E-state index in [4.69, 9.17) is 0 Å². The summed E-state index contributed by atoms with van der Waals surface area (Å²) in [7, 11) is 0. The molecule has 0 unspecified atom stereocenters. The van der Waals surface area contributed by atoms with E-state index >= 15 is 0 Å². The van der Waals surface area contributed by atoms with E-state index in [1.165, 1.54) is 66.3 Å². The Balaban J connectivity index is 0.00000385. The second-order valence-corrected chi connectivity index (χ2v) is 9.13. The zero-order valence-corrected chi connectivity index (χ0v) is 23.7. The molecule has 194 valence electrons. The van der Waals surface area contributed by atoms with Gasteiger partial charge in [-0.15, -0.1) is 0 Å². The molecule has 0 atom stereocenters. The summed E-state index contributed by atoms with van der Waals surface area (Å²) in [5, 5.41) is 0. The number of nitrogens with zero attached hydrogens (tertiary/aromatic N) is 2. The number of unbranched alkanes of at least 4 members (excludes halogenated alkanes) is 5. The van der Waals surface area contributed by atoms with Crippen molar-refractivity contribution in [3.05, 3.63) is 103 Å². The van der Waals surface area contributed by atoms with Crippen molar-refractivity contribution in [3.8, 4) is 0 Å². The van der Waals surface area contributed by atoms with Gasteiger partial charge >= 0.3 is 16.5 Å². The van der Waals surface area contributed by atoms with Gasteiger partial charge in [0.05, 0.1) is 0 Å². The molecule has 0 fully saturated rings. The first-order valence-corrected chi connectivity index (χ1v) is 12.8. The molecule has 2 aromatic carbocycles. The molecule has 0 spiro atoms. The number of aryl methyl sites for hydroxylation is 2. The van der Waals surface area contributed by atoms with Crippen molar-refractivity contribution in [2.45, 2.75) is 91.4 Å². The Hall–Kier alpha value is -1.99. The van der Waals surface area contributed by atoms with Crippen molar-refractivity contribution >= 4 is 11.4 Å². The first-order chi connectivity index (χ1) is 15.7. The summed E-state index contributed by atoms with van der Waals surface area (Å²) >= 11 is 0. The normalized spacial score (nSPS) is 12.5. The van der Waals surface area contributed by atoms with Crippen LogP contribution in [-0.2, 0) is 29.3 Å². The monoisotopic (exact) mass is 516 g/mol. The van der Waals surface area contributed by atoms with Crippen LogP contribution in [0.1, 0.15) is 101 Å². The Morgan fingerprint density at radius 3 is 1.57 bits per heavy atom. The van der Waals surface area contributed by atoms with Crippen LogP contribution in [0.25, 0.3) is 16.9 Å². The molecule has 0 aliphatic carbocycles. The average Bonchev–Trinajstić information content (AvgIpc) is 3.15.